The molecule has 0 saturated carbocycles. The lowest BCUT2D eigenvalue weighted by Gasteiger charge is -2.34. The molecule has 96 valence electrons. The van der Waals surface area contributed by atoms with Crippen molar-refractivity contribution in [1.29, 1.82) is 0 Å². The summed E-state index contributed by atoms with van der Waals surface area (Å²) < 4.78 is 27.4. The first-order valence-corrected chi connectivity index (χ1v) is 7.30. The van der Waals surface area contributed by atoms with Crippen LogP contribution in [0.4, 0.5) is 0 Å². The highest BCUT2D eigenvalue weighted by molar-refractivity contribution is 7.86. The highest BCUT2D eigenvalue weighted by atomic mass is 32.2. The SMILES string of the molecule is CCCN(C)S(=O)(=O)N1CCCC(NC)C1. The van der Waals surface area contributed by atoms with Crippen LogP contribution in [0.25, 0.3) is 0 Å². The summed E-state index contributed by atoms with van der Waals surface area (Å²) in [6.07, 6.45) is 2.84. The van der Waals surface area contributed by atoms with Crippen molar-refractivity contribution in [3.05, 3.63) is 0 Å². The Morgan fingerprint density at radius 1 is 1.50 bits per heavy atom. The highest BCUT2D eigenvalue weighted by Crippen LogP contribution is 2.16. The molecule has 0 aliphatic carbocycles. The lowest BCUT2D eigenvalue weighted by molar-refractivity contribution is 0.274. The van der Waals surface area contributed by atoms with E-state index in [1.54, 1.807) is 11.4 Å². The summed E-state index contributed by atoms with van der Waals surface area (Å²) in [6, 6.07) is 0.290. The number of rotatable bonds is 5. The smallest absolute Gasteiger partial charge is 0.281 e. The Kier molecular flexibility index (Phi) is 5.17. The number of piperidine rings is 1. The van der Waals surface area contributed by atoms with Gasteiger partial charge in [-0.15, -0.1) is 0 Å². The van der Waals surface area contributed by atoms with Gasteiger partial charge in [-0.1, -0.05) is 6.92 Å². The van der Waals surface area contributed by atoms with Crippen LogP contribution in [0, 0.1) is 0 Å². The van der Waals surface area contributed by atoms with Crippen molar-refractivity contribution in [1.82, 2.24) is 13.9 Å². The maximum Gasteiger partial charge on any atom is 0.281 e. The Bertz CT molecular complexity index is 305. The van der Waals surface area contributed by atoms with Gasteiger partial charge < -0.3 is 5.32 Å². The third kappa shape index (κ3) is 3.16. The maximum absolute atomic E-state index is 12.2. The van der Waals surface area contributed by atoms with Crippen LogP contribution >= 0.6 is 0 Å². The first-order chi connectivity index (χ1) is 7.52. The lowest BCUT2D eigenvalue weighted by Crippen LogP contribution is -2.51. The van der Waals surface area contributed by atoms with Gasteiger partial charge in [-0.05, 0) is 26.3 Å². The molecule has 0 aromatic carbocycles. The van der Waals surface area contributed by atoms with Crippen LogP contribution in [-0.4, -0.2) is 56.8 Å². The van der Waals surface area contributed by atoms with E-state index in [1.165, 1.54) is 4.31 Å². The first kappa shape index (κ1) is 13.9. The second-order valence-electron chi connectivity index (χ2n) is 4.32. The van der Waals surface area contributed by atoms with Gasteiger partial charge >= 0.3 is 0 Å². The second kappa shape index (κ2) is 5.95. The number of nitrogens with one attached hydrogen (secondary N) is 1. The van der Waals surface area contributed by atoms with Crippen LogP contribution < -0.4 is 5.32 Å². The molecule has 1 saturated heterocycles. The van der Waals surface area contributed by atoms with E-state index in [-0.39, 0.29) is 0 Å². The van der Waals surface area contributed by atoms with E-state index in [1.807, 2.05) is 14.0 Å². The van der Waals surface area contributed by atoms with Crippen molar-refractivity contribution in [2.75, 3.05) is 33.7 Å². The van der Waals surface area contributed by atoms with E-state index in [0.717, 1.165) is 19.3 Å². The fourth-order valence-electron chi connectivity index (χ4n) is 2.01. The third-order valence-electron chi connectivity index (χ3n) is 3.05. The topological polar surface area (TPSA) is 52.7 Å². The van der Waals surface area contributed by atoms with Crippen LogP contribution in [0.1, 0.15) is 26.2 Å². The molecule has 1 N–H and O–H groups in total. The van der Waals surface area contributed by atoms with Crippen molar-refractivity contribution >= 4 is 10.2 Å². The molecule has 0 aromatic rings. The molecular formula is C10H23N3O2S. The molecule has 0 radical (unpaired) electrons. The van der Waals surface area contributed by atoms with Gasteiger partial charge in [0.05, 0.1) is 0 Å². The fraction of sp³-hybridized carbons (Fsp3) is 1.00. The molecule has 1 rings (SSSR count). The summed E-state index contributed by atoms with van der Waals surface area (Å²) >= 11 is 0. The summed E-state index contributed by atoms with van der Waals surface area (Å²) in [5.41, 5.74) is 0. The lowest BCUT2D eigenvalue weighted by atomic mass is 10.1. The Morgan fingerprint density at radius 2 is 2.19 bits per heavy atom. The molecule has 1 heterocycles. The molecule has 0 spiro atoms. The average Bonchev–Trinajstić information content (AvgIpc) is 2.29. The summed E-state index contributed by atoms with van der Waals surface area (Å²) in [5.74, 6) is 0. The van der Waals surface area contributed by atoms with Crippen molar-refractivity contribution in [3.63, 3.8) is 0 Å². The van der Waals surface area contributed by atoms with Crippen LogP contribution in [0.2, 0.25) is 0 Å². The molecule has 1 atom stereocenters. The quantitative estimate of drug-likeness (QED) is 0.760. The molecule has 1 unspecified atom stereocenters. The summed E-state index contributed by atoms with van der Waals surface area (Å²) in [4.78, 5) is 0. The van der Waals surface area contributed by atoms with Crippen molar-refractivity contribution in [2.45, 2.75) is 32.2 Å². The molecular weight excluding hydrogens is 226 g/mol. The number of hydrogen-bond acceptors (Lipinski definition) is 3. The fourth-order valence-corrected chi connectivity index (χ4v) is 3.55. The molecule has 1 fully saturated rings. The Balaban J connectivity index is 2.67. The van der Waals surface area contributed by atoms with Gasteiger partial charge in [0.2, 0.25) is 0 Å². The van der Waals surface area contributed by atoms with Crippen LogP contribution in [-0.2, 0) is 10.2 Å². The van der Waals surface area contributed by atoms with Crippen molar-refractivity contribution < 1.29 is 8.42 Å². The highest BCUT2D eigenvalue weighted by Gasteiger charge is 2.30. The summed E-state index contributed by atoms with van der Waals surface area (Å²) in [6.45, 7) is 3.81. The van der Waals surface area contributed by atoms with E-state index >= 15 is 0 Å². The molecule has 0 amide bonds. The van der Waals surface area contributed by atoms with Gasteiger partial charge in [0.15, 0.2) is 0 Å². The molecule has 1 aliphatic heterocycles. The minimum absolute atomic E-state index is 0.290. The van der Waals surface area contributed by atoms with Crippen LogP contribution in [0.5, 0.6) is 0 Å². The number of nitrogens with zero attached hydrogens (tertiary/aromatic N) is 2. The predicted molar refractivity (Wildman–Crippen MR) is 65.5 cm³/mol. The largest absolute Gasteiger partial charge is 0.316 e. The van der Waals surface area contributed by atoms with Crippen LogP contribution in [0.3, 0.4) is 0 Å². The predicted octanol–water partition coefficient (Wildman–Crippen LogP) is 0.257. The van der Waals surface area contributed by atoms with E-state index < -0.39 is 10.2 Å². The van der Waals surface area contributed by atoms with Gasteiger partial charge in [-0.3, -0.25) is 0 Å². The molecule has 0 bridgehead atoms. The zero-order chi connectivity index (χ0) is 12.2. The van der Waals surface area contributed by atoms with Crippen molar-refractivity contribution in [3.8, 4) is 0 Å². The number of likely N-dealkylation sites (N-methyl/N-ethyl adjacent to an activating group) is 1. The van der Waals surface area contributed by atoms with E-state index in [4.69, 9.17) is 0 Å². The van der Waals surface area contributed by atoms with Crippen molar-refractivity contribution in [2.24, 2.45) is 0 Å². The Labute approximate surface area is 99.0 Å². The standard InChI is InChI=1S/C10H23N3O2S/c1-4-7-12(3)16(14,15)13-8-5-6-10(9-13)11-2/h10-11H,4-9H2,1-3H3. The molecule has 0 aromatic heterocycles. The zero-order valence-electron chi connectivity index (χ0n) is 10.4. The molecule has 1 aliphatic rings. The summed E-state index contributed by atoms with van der Waals surface area (Å²) in [5, 5.41) is 3.15. The van der Waals surface area contributed by atoms with E-state index in [2.05, 4.69) is 5.32 Å². The Hall–Kier alpha value is -0.170. The summed E-state index contributed by atoms with van der Waals surface area (Å²) in [7, 11) is 0.300. The average molecular weight is 249 g/mol. The van der Waals surface area contributed by atoms with Crippen LogP contribution in [0.15, 0.2) is 0 Å². The third-order valence-corrected chi connectivity index (χ3v) is 5.01. The number of hydrogen-bond donors (Lipinski definition) is 1. The van der Waals surface area contributed by atoms with E-state index in [0.29, 0.717) is 25.7 Å². The maximum atomic E-state index is 12.2. The van der Waals surface area contributed by atoms with Gasteiger partial charge in [0, 0.05) is 32.7 Å². The van der Waals surface area contributed by atoms with Gasteiger partial charge in [-0.2, -0.15) is 17.0 Å². The Morgan fingerprint density at radius 3 is 2.75 bits per heavy atom. The zero-order valence-corrected chi connectivity index (χ0v) is 11.3. The molecule has 6 heteroatoms. The molecule has 5 nitrogen and oxygen atoms in total. The minimum atomic E-state index is -3.24. The van der Waals surface area contributed by atoms with Gasteiger partial charge in [0.1, 0.15) is 0 Å². The van der Waals surface area contributed by atoms with Gasteiger partial charge in [0.25, 0.3) is 10.2 Å². The second-order valence-corrected chi connectivity index (χ2v) is 6.35. The minimum Gasteiger partial charge on any atom is -0.316 e. The van der Waals surface area contributed by atoms with E-state index in [9.17, 15) is 8.42 Å². The normalized spacial score (nSPS) is 23.9. The first-order valence-electron chi connectivity index (χ1n) is 5.91. The molecule has 16 heavy (non-hydrogen) atoms. The van der Waals surface area contributed by atoms with Gasteiger partial charge in [-0.25, -0.2) is 0 Å². The monoisotopic (exact) mass is 249 g/mol.